The summed E-state index contributed by atoms with van der Waals surface area (Å²) in [6, 6.07) is 0.521. The van der Waals surface area contributed by atoms with Gasteiger partial charge in [0, 0.05) is 25.6 Å². The maximum Gasteiger partial charge on any atom is 0.0701 e. The van der Waals surface area contributed by atoms with Crippen molar-refractivity contribution in [1.29, 1.82) is 0 Å². The van der Waals surface area contributed by atoms with Gasteiger partial charge >= 0.3 is 0 Å². The largest absolute Gasteiger partial charge is 0.382 e. The summed E-state index contributed by atoms with van der Waals surface area (Å²) >= 11 is 5.99. The second kappa shape index (κ2) is 9.98. The summed E-state index contributed by atoms with van der Waals surface area (Å²) in [5, 5.41) is 0. The fourth-order valence-electron chi connectivity index (χ4n) is 2.26. The number of hydrogen-bond acceptors (Lipinski definition) is 4. The van der Waals surface area contributed by atoms with E-state index in [4.69, 9.17) is 25.8 Å². The Morgan fingerprint density at radius 2 is 1.78 bits per heavy atom. The fraction of sp³-hybridized carbons (Fsp3) is 1.00. The van der Waals surface area contributed by atoms with E-state index < -0.39 is 0 Å². The van der Waals surface area contributed by atoms with Crippen LogP contribution in [0.4, 0.5) is 0 Å². The lowest BCUT2D eigenvalue weighted by Gasteiger charge is -2.24. The molecule has 1 saturated heterocycles. The monoisotopic (exact) mass is 279 g/mol. The normalized spacial score (nSPS) is 24.8. The van der Waals surface area contributed by atoms with Crippen LogP contribution >= 0.6 is 11.6 Å². The number of halogens is 1. The topological polar surface area (TPSA) is 30.9 Å². The van der Waals surface area contributed by atoms with Crippen LogP contribution in [0, 0.1) is 5.92 Å². The molecule has 1 aliphatic heterocycles. The second-order valence-electron chi connectivity index (χ2n) is 4.74. The molecular formula is C13H26ClNO3. The number of ether oxygens (including phenoxy) is 3. The van der Waals surface area contributed by atoms with Crippen LogP contribution < -0.4 is 0 Å². The van der Waals surface area contributed by atoms with Crippen molar-refractivity contribution in [1.82, 2.24) is 4.90 Å². The van der Waals surface area contributed by atoms with Crippen molar-refractivity contribution in [3.8, 4) is 0 Å². The van der Waals surface area contributed by atoms with Gasteiger partial charge in [-0.3, -0.25) is 4.90 Å². The minimum atomic E-state index is 0.521. The van der Waals surface area contributed by atoms with Crippen molar-refractivity contribution in [3.05, 3.63) is 0 Å². The molecular weight excluding hydrogens is 254 g/mol. The molecule has 0 N–H and O–H groups in total. The van der Waals surface area contributed by atoms with Gasteiger partial charge < -0.3 is 14.2 Å². The van der Waals surface area contributed by atoms with E-state index in [2.05, 4.69) is 11.8 Å². The summed E-state index contributed by atoms with van der Waals surface area (Å²) in [6.07, 6.45) is 1.25. The minimum Gasteiger partial charge on any atom is -0.382 e. The molecule has 0 aromatic heterocycles. The Balaban J connectivity index is 1.94. The van der Waals surface area contributed by atoms with Gasteiger partial charge in [-0.05, 0) is 18.9 Å². The van der Waals surface area contributed by atoms with Gasteiger partial charge in [-0.25, -0.2) is 0 Å². The highest BCUT2D eigenvalue weighted by atomic mass is 35.5. The smallest absolute Gasteiger partial charge is 0.0701 e. The van der Waals surface area contributed by atoms with Crippen molar-refractivity contribution in [2.24, 2.45) is 5.92 Å². The number of likely N-dealkylation sites (tertiary alicyclic amines) is 1. The molecule has 0 aromatic carbocycles. The van der Waals surface area contributed by atoms with E-state index in [1.807, 2.05) is 0 Å². The molecule has 1 rings (SSSR count). The molecule has 1 aliphatic rings. The van der Waals surface area contributed by atoms with Crippen LogP contribution in [0.5, 0.6) is 0 Å². The first-order chi connectivity index (χ1) is 8.79. The fourth-order valence-corrected chi connectivity index (χ4v) is 2.76. The van der Waals surface area contributed by atoms with Crippen molar-refractivity contribution < 1.29 is 14.2 Å². The van der Waals surface area contributed by atoms with Gasteiger partial charge in [0.15, 0.2) is 0 Å². The second-order valence-corrected chi connectivity index (χ2v) is 5.05. The summed E-state index contributed by atoms with van der Waals surface area (Å²) in [4.78, 5) is 2.43. The van der Waals surface area contributed by atoms with Crippen molar-refractivity contribution in [3.63, 3.8) is 0 Å². The van der Waals surface area contributed by atoms with Crippen molar-refractivity contribution in [2.45, 2.75) is 19.4 Å². The Hall–Kier alpha value is 0.130. The molecule has 0 aliphatic carbocycles. The third-order valence-electron chi connectivity index (χ3n) is 3.48. The maximum absolute atomic E-state index is 5.99. The Labute approximate surface area is 116 Å². The first-order valence-corrected chi connectivity index (χ1v) is 7.27. The van der Waals surface area contributed by atoms with E-state index >= 15 is 0 Å². The van der Waals surface area contributed by atoms with Gasteiger partial charge in [0.25, 0.3) is 0 Å². The van der Waals surface area contributed by atoms with Gasteiger partial charge in [-0.15, -0.1) is 11.6 Å². The molecule has 2 unspecified atom stereocenters. The number of hydrogen-bond donors (Lipinski definition) is 0. The van der Waals surface area contributed by atoms with E-state index in [0.29, 0.717) is 38.4 Å². The van der Waals surface area contributed by atoms with E-state index in [9.17, 15) is 0 Å². The van der Waals surface area contributed by atoms with Gasteiger partial charge in [-0.1, -0.05) is 6.92 Å². The molecule has 0 radical (unpaired) electrons. The molecule has 108 valence electrons. The first kappa shape index (κ1) is 16.2. The summed E-state index contributed by atoms with van der Waals surface area (Å²) in [6.45, 7) is 7.72. The van der Waals surface area contributed by atoms with E-state index in [1.54, 1.807) is 7.11 Å². The van der Waals surface area contributed by atoms with Crippen LogP contribution in [0.1, 0.15) is 13.3 Å². The number of nitrogens with zero attached hydrogens (tertiary/aromatic N) is 1. The van der Waals surface area contributed by atoms with Gasteiger partial charge in [0.1, 0.15) is 0 Å². The summed E-state index contributed by atoms with van der Waals surface area (Å²) < 4.78 is 15.8. The van der Waals surface area contributed by atoms with Crippen molar-refractivity contribution in [2.75, 3.05) is 59.1 Å². The lowest BCUT2D eigenvalue weighted by Crippen LogP contribution is -2.36. The quantitative estimate of drug-likeness (QED) is 0.449. The SMILES string of the molecule is COCCOCCOCCN1CCC(C)C1CCl. The minimum absolute atomic E-state index is 0.521. The molecule has 5 heteroatoms. The molecule has 0 saturated carbocycles. The predicted octanol–water partition coefficient (Wildman–Crippen LogP) is 1.62. The van der Waals surface area contributed by atoms with E-state index in [0.717, 1.165) is 25.6 Å². The zero-order valence-corrected chi connectivity index (χ0v) is 12.3. The standard InChI is InChI=1S/C13H26ClNO3/c1-12-3-4-15(13(12)11-14)5-6-17-9-10-18-8-7-16-2/h12-13H,3-11H2,1-2H3. The van der Waals surface area contributed by atoms with Crippen LogP contribution in [-0.2, 0) is 14.2 Å². The molecule has 1 fully saturated rings. The summed E-state index contributed by atoms with van der Waals surface area (Å²) in [5.41, 5.74) is 0. The first-order valence-electron chi connectivity index (χ1n) is 6.74. The highest BCUT2D eigenvalue weighted by molar-refractivity contribution is 6.18. The molecule has 2 atom stereocenters. The third-order valence-corrected chi connectivity index (χ3v) is 3.80. The number of alkyl halides is 1. The maximum atomic E-state index is 5.99. The summed E-state index contributed by atoms with van der Waals surface area (Å²) in [5.74, 6) is 1.43. The van der Waals surface area contributed by atoms with Crippen LogP contribution in [0.15, 0.2) is 0 Å². The Bertz CT molecular complexity index is 207. The average molecular weight is 280 g/mol. The Kier molecular flexibility index (Phi) is 8.98. The molecule has 1 heterocycles. The molecule has 0 bridgehead atoms. The third kappa shape index (κ3) is 5.85. The van der Waals surface area contributed by atoms with Gasteiger partial charge in [-0.2, -0.15) is 0 Å². The zero-order valence-electron chi connectivity index (χ0n) is 11.6. The van der Waals surface area contributed by atoms with Crippen LogP contribution in [0.3, 0.4) is 0 Å². The lowest BCUT2D eigenvalue weighted by atomic mass is 10.1. The molecule has 18 heavy (non-hydrogen) atoms. The van der Waals surface area contributed by atoms with Crippen LogP contribution in [0.2, 0.25) is 0 Å². The molecule has 0 spiro atoms. The van der Waals surface area contributed by atoms with E-state index in [1.165, 1.54) is 6.42 Å². The van der Waals surface area contributed by atoms with Gasteiger partial charge in [0.2, 0.25) is 0 Å². The Morgan fingerprint density at radius 3 is 2.44 bits per heavy atom. The van der Waals surface area contributed by atoms with Crippen molar-refractivity contribution >= 4 is 11.6 Å². The lowest BCUT2D eigenvalue weighted by molar-refractivity contribution is 0.0188. The number of rotatable bonds is 10. The molecule has 0 amide bonds. The zero-order chi connectivity index (χ0) is 13.2. The Morgan fingerprint density at radius 1 is 1.11 bits per heavy atom. The van der Waals surface area contributed by atoms with E-state index in [-0.39, 0.29) is 0 Å². The van der Waals surface area contributed by atoms with Gasteiger partial charge in [0.05, 0.1) is 33.0 Å². The van der Waals surface area contributed by atoms with Crippen LogP contribution in [0.25, 0.3) is 0 Å². The molecule has 4 nitrogen and oxygen atoms in total. The number of methoxy groups -OCH3 is 1. The highest BCUT2D eigenvalue weighted by Gasteiger charge is 2.29. The molecule has 0 aromatic rings. The summed E-state index contributed by atoms with van der Waals surface area (Å²) in [7, 11) is 1.67. The predicted molar refractivity (Wildman–Crippen MR) is 73.4 cm³/mol. The average Bonchev–Trinajstić information content (AvgIpc) is 2.73. The van der Waals surface area contributed by atoms with Crippen LogP contribution in [-0.4, -0.2) is 70.1 Å². The highest BCUT2D eigenvalue weighted by Crippen LogP contribution is 2.24.